The molecule has 0 unspecified atom stereocenters. The van der Waals surface area contributed by atoms with Crippen LogP contribution in [0.15, 0.2) is 42.5 Å². The number of benzene rings is 2. The van der Waals surface area contributed by atoms with Gasteiger partial charge in [-0.15, -0.1) is 0 Å². The normalized spacial score (nSPS) is 9.88. The maximum absolute atomic E-state index is 12.4. The summed E-state index contributed by atoms with van der Waals surface area (Å²) in [6, 6.07) is 10.7. The number of hydrogen-bond donors (Lipinski definition) is 1. The smallest absolute Gasteiger partial charge is 0.337 e. The Morgan fingerprint density at radius 2 is 1.40 bits per heavy atom. The summed E-state index contributed by atoms with van der Waals surface area (Å²) in [4.78, 5) is 35.9. The predicted octanol–water partition coefficient (Wildman–Crippen LogP) is 2.52. The predicted molar refractivity (Wildman–Crippen MR) is 90.1 cm³/mol. The van der Waals surface area contributed by atoms with Crippen molar-refractivity contribution < 1.29 is 28.6 Å². The van der Waals surface area contributed by atoms with E-state index in [4.69, 9.17) is 4.74 Å². The van der Waals surface area contributed by atoms with Crippen molar-refractivity contribution in [3.63, 3.8) is 0 Å². The minimum absolute atomic E-state index is 0.117. The zero-order valence-corrected chi connectivity index (χ0v) is 14.0. The number of nitrogens with one attached hydrogen (secondary N) is 1. The largest absolute Gasteiger partial charge is 0.497 e. The molecule has 7 heteroatoms. The minimum Gasteiger partial charge on any atom is -0.497 e. The van der Waals surface area contributed by atoms with Crippen LogP contribution < -0.4 is 10.1 Å². The first-order valence-corrected chi connectivity index (χ1v) is 7.25. The molecule has 25 heavy (non-hydrogen) atoms. The number of ether oxygens (including phenoxy) is 3. The fraction of sp³-hybridized carbons (Fsp3) is 0.167. The van der Waals surface area contributed by atoms with Crippen LogP contribution in [0.25, 0.3) is 0 Å². The van der Waals surface area contributed by atoms with E-state index in [9.17, 15) is 14.4 Å². The summed E-state index contributed by atoms with van der Waals surface area (Å²) in [6.45, 7) is 0. The molecule has 0 saturated carbocycles. The van der Waals surface area contributed by atoms with Gasteiger partial charge in [0.1, 0.15) is 5.75 Å². The molecule has 0 aliphatic heterocycles. The molecule has 1 N–H and O–H groups in total. The van der Waals surface area contributed by atoms with E-state index in [2.05, 4.69) is 14.8 Å². The topological polar surface area (TPSA) is 90.9 Å². The van der Waals surface area contributed by atoms with Gasteiger partial charge in [-0.25, -0.2) is 9.59 Å². The third kappa shape index (κ3) is 4.35. The Morgan fingerprint density at radius 1 is 0.800 bits per heavy atom. The molecular formula is C18H17NO6. The molecule has 0 radical (unpaired) electrons. The zero-order valence-electron chi connectivity index (χ0n) is 14.0. The Morgan fingerprint density at radius 3 is 1.92 bits per heavy atom. The van der Waals surface area contributed by atoms with E-state index in [1.54, 1.807) is 24.3 Å². The lowest BCUT2D eigenvalue weighted by atomic mass is 10.1. The molecule has 130 valence electrons. The quantitative estimate of drug-likeness (QED) is 0.839. The lowest BCUT2D eigenvalue weighted by Crippen LogP contribution is -2.14. The van der Waals surface area contributed by atoms with E-state index in [0.717, 1.165) is 0 Å². The van der Waals surface area contributed by atoms with Crippen molar-refractivity contribution in [2.24, 2.45) is 0 Å². The van der Waals surface area contributed by atoms with E-state index in [1.165, 1.54) is 39.5 Å². The van der Waals surface area contributed by atoms with Gasteiger partial charge < -0.3 is 19.5 Å². The van der Waals surface area contributed by atoms with Crippen LogP contribution in [-0.4, -0.2) is 39.2 Å². The van der Waals surface area contributed by atoms with E-state index >= 15 is 0 Å². The van der Waals surface area contributed by atoms with Crippen LogP contribution in [0.1, 0.15) is 31.1 Å². The van der Waals surface area contributed by atoms with E-state index in [1.807, 2.05) is 0 Å². The number of hydrogen-bond acceptors (Lipinski definition) is 6. The fourth-order valence-electron chi connectivity index (χ4n) is 2.14. The van der Waals surface area contributed by atoms with Crippen molar-refractivity contribution in [3.8, 4) is 5.75 Å². The van der Waals surface area contributed by atoms with Gasteiger partial charge in [-0.3, -0.25) is 4.79 Å². The van der Waals surface area contributed by atoms with Crippen LogP contribution in [0.2, 0.25) is 0 Å². The van der Waals surface area contributed by atoms with Gasteiger partial charge in [0, 0.05) is 11.3 Å². The summed E-state index contributed by atoms with van der Waals surface area (Å²) in [5.41, 5.74) is 0.858. The molecule has 2 rings (SSSR count). The third-order valence-corrected chi connectivity index (χ3v) is 3.37. The van der Waals surface area contributed by atoms with Gasteiger partial charge in [-0.05, 0) is 36.4 Å². The molecule has 0 aliphatic carbocycles. The molecule has 0 fully saturated rings. The first-order chi connectivity index (χ1) is 12.0. The van der Waals surface area contributed by atoms with Crippen LogP contribution in [0.5, 0.6) is 5.75 Å². The van der Waals surface area contributed by atoms with Gasteiger partial charge >= 0.3 is 11.9 Å². The molecule has 7 nitrogen and oxygen atoms in total. The SMILES string of the molecule is COC(=O)c1cc(NC(=O)c2cccc(OC)c2)cc(C(=O)OC)c1. The maximum Gasteiger partial charge on any atom is 0.337 e. The van der Waals surface area contributed by atoms with Crippen molar-refractivity contribution in [3.05, 3.63) is 59.2 Å². The van der Waals surface area contributed by atoms with Crippen molar-refractivity contribution in [1.82, 2.24) is 0 Å². The molecule has 1 amide bonds. The molecular weight excluding hydrogens is 326 g/mol. The van der Waals surface area contributed by atoms with Gasteiger partial charge in [-0.2, -0.15) is 0 Å². The number of carbonyl (C=O) groups excluding carboxylic acids is 3. The summed E-state index contributed by atoms with van der Waals surface area (Å²) < 4.78 is 14.4. The molecule has 0 aromatic heterocycles. The molecule has 0 spiro atoms. The lowest BCUT2D eigenvalue weighted by Gasteiger charge is -2.10. The van der Waals surface area contributed by atoms with E-state index < -0.39 is 17.8 Å². The Hall–Kier alpha value is -3.35. The van der Waals surface area contributed by atoms with Crippen molar-refractivity contribution in [2.75, 3.05) is 26.6 Å². The first kappa shape index (κ1) is 18.0. The molecule has 2 aromatic rings. The van der Waals surface area contributed by atoms with Gasteiger partial charge in [0.05, 0.1) is 32.5 Å². The monoisotopic (exact) mass is 343 g/mol. The Kier molecular flexibility index (Phi) is 5.73. The summed E-state index contributed by atoms with van der Waals surface area (Å²) in [6.07, 6.45) is 0. The highest BCUT2D eigenvalue weighted by Crippen LogP contribution is 2.19. The van der Waals surface area contributed by atoms with Crippen LogP contribution >= 0.6 is 0 Å². The standard InChI is InChI=1S/C18H17NO6/c1-23-15-6-4-5-11(10-15)16(20)19-14-8-12(17(21)24-2)7-13(9-14)18(22)25-3/h4-10H,1-3H3,(H,19,20). The summed E-state index contributed by atoms with van der Waals surface area (Å²) >= 11 is 0. The summed E-state index contributed by atoms with van der Waals surface area (Å²) in [7, 11) is 3.95. The lowest BCUT2D eigenvalue weighted by molar-refractivity contribution is 0.0599. The first-order valence-electron chi connectivity index (χ1n) is 7.25. The van der Waals surface area contributed by atoms with Crippen molar-refractivity contribution in [2.45, 2.75) is 0 Å². The molecule has 0 aliphatic rings. The van der Waals surface area contributed by atoms with Gasteiger partial charge in [0.15, 0.2) is 0 Å². The average Bonchev–Trinajstić information content (AvgIpc) is 2.66. The molecule has 0 bridgehead atoms. The second-order valence-corrected chi connectivity index (χ2v) is 4.97. The average molecular weight is 343 g/mol. The van der Waals surface area contributed by atoms with Gasteiger partial charge in [0.2, 0.25) is 0 Å². The maximum atomic E-state index is 12.4. The van der Waals surface area contributed by atoms with E-state index in [0.29, 0.717) is 11.3 Å². The van der Waals surface area contributed by atoms with E-state index in [-0.39, 0.29) is 16.8 Å². The van der Waals surface area contributed by atoms with Crippen LogP contribution in [0.4, 0.5) is 5.69 Å². The highest BCUT2D eigenvalue weighted by molar-refractivity contribution is 6.06. The minimum atomic E-state index is -0.636. The third-order valence-electron chi connectivity index (χ3n) is 3.37. The number of rotatable bonds is 5. The highest BCUT2D eigenvalue weighted by atomic mass is 16.5. The highest BCUT2D eigenvalue weighted by Gasteiger charge is 2.15. The van der Waals surface area contributed by atoms with Gasteiger partial charge in [-0.1, -0.05) is 6.07 Å². The molecule has 0 atom stereocenters. The van der Waals surface area contributed by atoms with Crippen LogP contribution in [-0.2, 0) is 9.47 Å². The second kappa shape index (κ2) is 7.96. The molecule has 0 saturated heterocycles. The number of esters is 2. The number of methoxy groups -OCH3 is 3. The fourth-order valence-corrected chi connectivity index (χ4v) is 2.14. The number of carbonyl (C=O) groups is 3. The van der Waals surface area contributed by atoms with Crippen molar-refractivity contribution >= 4 is 23.5 Å². The Balaban J connectivity index is 2.35. The van der Waals surface area contributed by atoms with Gasteiger partial charge in [0.25, 0.3) is 5.91 Å². The number of anilines is 1. The summed E-state index contributed by atoms with van der Waals surface area (Å²) in [5, 5.41) is 2.64. The molecule has 2 aromatic carbocycles. The Labute approximate surface area is 144 Å². The second-order valence-electron chi connectivity index (χ2n) is 4.97. The van der Waals surface area contributed by atoms with Crippen molar-refractivity contribution in [1.29, 1.82) is 0 Å². The van der Waals surface area contributed by atoms with Crippen LogP contribution in [0, 0.1) is 0 Å². The summed E-state index contributed by atoms with van der Waals surface area (Å²) in [5.74, 6) is -1.16. The Bertz CT molecular complexity index is 781. The zero-order chi connectivity index (χ0) is 18.4. The molecule has 0 heterocycles. The van der Waals surface area contributed by atoms with Crippen LogP contribution in [0.3, 0.4) is 0 Å². The number of amides is 1.